The summed E-state index contributed by atoms with van der Waals surface area (Å²) in [6.45, 7) is 16.0. The van der Waals surface area contributed by atoms with E-state index in [0.29, 0.717) is 34.8 Å². The van der Waals surface area contributed by atoms with Gasteiger partial charge in [0.2, 0.25) is 0 Å². The quantitative estimate of drug-likeness (QED) is 0.166. The molecule has 4 heteroatoms. The van der Waals surface area contributed by atoms with Crippen LogP contribution in [0.15, 0.2) is 48.5 Å². The molecule has 0 saturated heterocycles. The average molecular weight is 661 g/mol. The molecule has 0 heterocycles. The molecule has 0 radical (unpaired) electrons. The molecule has 260 valence electrons. The second kappa shape index (κ2) is 13.1. The van der Waals surface area contributed by atoms with Crippen molar-refractivity contribution < 1.29 is 20.4 Å². The first kappa shape index (κ1) is 34.9. The van der Waals surface area contributed by atoms with Crippen LogP contribution in [0.2, 0.25) is 0 Å². The van der Waals surface area contributed by atoms with Crippen LogP contribution in [0.1, 0.15) is 125 Å². The van der Waals surface area contributed by atoms with Crippen LogP contribution in [0.4, 0.5) is 0 Å². The van der Waals surface area contributed by atoms with E-state index in [2.05, 4.69) is 48.5 Å². The lowest BCUT2D eigenvalue weighted by Crippen LogP contribution is -2.36. The van der Waals surface area contributed by atoms with Gasteiger partial charge in [-0.25, -0.2) is 0 Å². The van der Waals surface area contributed by atoms with E-state index in [0.717, 1.165) is 95.9 Å². The minimum atomic E-state index is -0.145. The second-order valence-electron chi connectivity index (χ2n) is 16.1. The van der Waals surface area contributed by atoms with Crippen molar-refractivity contribution in [1.82, 2.24) is 0 Å². The van der Waals surface area contributed by atoms with Gasteiger partial charge >= 0.3 is 0 Å². The Labute approximate surface area is 293 Å². The summed E-state index contributed by atoms with van der Waals surface area (Å²) >= 11 is 0. The minimum absolute atomic E-state index is 0.145. The van der Waals surface area contributed by atoms with E-state index < -0.39 is 0 Å². The molecule has 0 spiro atoms. The first-order chi connectivity index (χ1) is 23.1. The van der Waals surface area contributed by atoms with E-state index >= 15 is 0 Å². The molecule has 0 aromatic heterocycles. The Morgan fingerprint density at radius 1 is 0.388 bits per heavy atom. The van der Waals surface area contributed by atoms with Gasteiger partial charge in [0.05, 0.1) is 0 Å². The molecular weight excluding hydrogens is 604 g/mol. The number of hydrogen-bond acceptors (Lipinski definition) is 4. The van der Waals surface area contributed by atoms with Crippen molar-refractivity contribution in [2.45, 2.75) is 124 Å². The topological polar surface area (TPSA) is 80.9 Å². The molecule has 4 aromatic rings. The summed E-state index contributed by atoms with van der Waals surface area (Å²) in [6.07, 6.45) is 10.1. The van der Waals surface area contributed by atoms with Crippen LogP contribution in [-0.2, 0) is 10.8 Å². The number of hydrogen-bond donors (Lipinski definition) is 4. The Morgan fingerprint density at radius 3 is 0.755 bits per heavy atom. The highest BCUT2D eigenvalue weighted by Gasteiger charge is 2.43. The molecular formula is C45H56O4. The zero-order valence-corrected chi connectivity index (χ0v) is 30.9. The van der Waals surface area contributed by atoms with Crippen LogP contribution in [0.3, 0.4) is 0 Å². The Balaban J connectivity index is 1.25. The lowest BCUT2D eigenvalue weighted by molar-refractivity contribution is 0.185. The maximum absolute atomic E-state index is 10.6. The van der Waals surface area contributed by atoms with E-state index in [1.165, 1.54) is 28.7 Å². The fourth-order valence-electron chi connectivity index (χ4n) is 9.70. The van der Waals surface area contributed by atoms with Crippen molar-refractivity contribution in [1.29, 1.82) is 0 Å². The second-order valence-corrected chi connectivity index (χ2v) is 16.1. The van der Waals surface area contributed by atoms with E-state index in [4.69, 9.17) is 0 Å². The SMILES string of the molecule is Cc1cc(C2(c3cc(C)c(O)c(C)c3)CCC(CC3CCC(c4cc(C)c(O)c(C)c4)(c4cc(C)c(O)c(C)c4)CC3)CC2)cc(C)c1O. The Morgan fingerprint density at radius 2 is 0.571 bits per heavy atom. The minimum Gasteiger partial charge on any atom is -0.507 e. The van der Waals surface area contributed by atoms with Crippen molar-refractivity contribution in [3.05, 3.63) is 115 Å². The van der Waals surface area contributed by atoms with Crippen LogP contribution < -0.4 is 0 Å². The molecule has 6 rings (SSSR count). The molecule has 2 aliphatic carbocycles. The molecule has 0 bridgehead atoms. The summed E-state index contributed by atoms with van der Waals surface area (Å²) in [7, 11) is 0. The fourth-order valence-corrected chi connectivity index (χ4v) is 9.70. The van der Waals surface area contributed by atoms with Crippen molar-refractivity contribution >= 4 is 0 Å². The number of phenols is 4. The molecule has 0 unspecified atom stereocenters. The van der Waals surface area contributed by atoms with Crippen LogP contribution >= 0.6 is 0 Å². The summed E-state index contributed by atoms with van der Waals surface area (Å²) in [5, 5.41) is 42.6. The third-order valence-corrected chi connectivity index (χ3v) is 12.8. The normalized spacial score (nSPS) is 18.1. The Hall–Kier alpha value is -3.92. The monoisotopic (exact) mass is 660 g/mol. The van der Waals surface area contributed by atoms with Gasteiger partial charge in [-0.1, -0.05) is 48.5 Å². The molecule has 4 aromatic carbocycles. The highest BCUT2D eigenvalue weighted by Crippen LogP contribution is 2.53. The standard InChI is InChI=1S/C45H56O4/c1-26-17-36(18-27(2)40(26)46)44(37-19-28(3)41(47)29(4)20-37)13-9-34(10-14-44)25-35-11-15-45(16-12-35,38-21-30(5)42(48)31(6)22-38)39-23-32(7)43(49)33(8)24-39/h17-24,34-35,46-49H,9-16,25H2,1-8H3. The lowest BCUT2D eigenvalue weighted by atomic mass is 9.59. The molecule has 0 atom stereocenters. The van der Waals surface area contributed by atoms with E-state index in [9.17, 15) is 20.4 Å². The number of aryl methyl sites for hydroxylation is 8. The number of phenolic OH excluding ortho intramolecular Hbond substituents is 4. The van der Waals surface area contributed by atoms with Gasteiger partial charge in [-0.2, -0.15) is 0 Å². The number of rotatable bonds is 6. The van der Waals surface area contributed by atoms with Crippen molar-refractivity contribution in [3.63, 3.8) is 0 Å². The highest BCUT2D eigenvalue weighted by atomic mass is 16.3. The molecule has 2 fully saturated rings. The molecule has 0 aliphatic heterocycles. The molecule has 49 heavy (non-hydrogen) atoms. The van der Waals surface area contributed by atoms with Gasteiger partial charge in [0.15, 0.2) is 0 Å². The van der Waals surface area contributed by atoms with Crippen LogP contribution in [0.5, 0.6) is 23.0 Å². The van der Waals surface area contributed by atoms with Gasteiger partial charge in [0, 0.05) is 10.8 Å². The summed E-state index contributed by atoms with van der Waals surface area (Å²) in [6, 6.07) is 17.6. The van der Waals surface area contributed by atoms with Gasteiger partial charge in [-0.15, -0.1) is 0 Å². The summed E-state index contributed by atoms with van der Waals surface area (Å²) in [4.78, 5) is 0. The summed E-state index contributed by atoms with van der Waals surface area (Å²) in [5.74, 6) is 2.87. The zero-order chi connectivity index (χ0) is 35.4. The van der Waals surface area contributed by atoms with E-state index in [1.807, 2.05) is 55.4 Å². The number of aromatic hydroxyl groups is 4. The van der Waals surface area contributed by atoms with Gasteiger partial charge in [-0.05, 0) is 192 Å². The third-order valence-electron chi connectivity index (χ3n) is 12.8. The third kappa shape index (κ3) is 6.21. The Bertz CT molecular complexity index is 1530. The van der Waals surface area contributed by atoms with E-state index in [1.54, 1.807) is 0 Å². The van der Waals surface area contributed by atoms with Crippen molar-refractivity contribution in [2.24, 2.45) is 11.8 Å². The fraction of sp³-hybridized carbons (Fsp3) is 0.467. The van der Waals surface area contributed by atoms with Crippen molar-refractivity contribution in [3.8, 4) is 23.0 Å². The smallest absolute Gasteiger partial charge is 0.121 e. The highest BCUT2D eigenvalue weighted by molar-refractivity contribution is 5.54. The van der Waals surface area contributed by atoms with Gasteiger partial charge in [-0.3, -0.25) is 0 Å². The van der Waals surface area contributed by atoms with Crippen LogP contribution in [0, 0.1) is 67.2 Å². The first-order valence-corrected chi connectivity index (χ1v) is 18.4. The maximum Gasteiger partial charge on any atom is 0.121 e. The molecule has 2 saturated carbocycles. The van der Waals surface area contributed by atoms with Gasteiger partial charge in [0.25, 0.3) is 0 Å². The van der Waals surface area contributed by atoms with Crippen molar-refractivity contribution in [2.75, 3.05) is 0 Å². The predicted octanol–water partition coefficient (Wildman–Crippen LogP) is 11.0. The van der Waals surface area contributed by atoms with E-state index in [-0.39, 0.29) is 10.8 Å². The lowest BCUT2D eigenvalue weighted by Gasteiger charge is -2.45. The maximum atomic E-state index is 10.6. The molecule has 4 N–H and O–H groups in total. The van der Waals surface area contributed by atoms with Crippen LogP contribution in [-0.4, -0.2) is 20.4 Å². The average Bonchev–Trinajstić information content (AvgIpc) is 3.07. The Kier molecular flexibility index (Phi) is 9.32. The largest absolute Gasteiger partial charge is 0.507 e. The summed E-state index contributed by atoms with van der Waals surface area (Å²) in [5.41, 5.74) is 12.2. The predicted molar refractivity (Wildman–Crippen MR) is 200 cm³/mol. The van der Waals surface area contributed by atoms with Gasteiger partial charge in [0.1, 0.15) is 23.0 Å². The molecule has 0 amide bonds. The molecule has 2 aliphatic rings. The zero-order valence-electron chi connectivity index (χ0n) is 30.9. The van der Waals surface area contributed by atoms with Crippen LogP contribution in [0.25, 0.3) is 0 Å². The number of benzene rings is 4. The molecule has 4 nitrogen and oxygen atoms in total. The van der Waals surface area contributed by atoms with Gasteiger partial charge < -0.3 is 20.4 Å². The summed E-state index contributed by atoms with van der Waals surface area (Å²) < 4.78 is 0. The first-order valence-electron chi connectivity index (χ1n) is 18.4.